The maximum Gasteiger partial charge on any atom is 0.249 e. The second-order valence-electron chi connectivity index (χ2n) is 7.17. The average molecular weight is 455 g/mol. The third-order valence-corrected chi connectivity index (χ3v) is 4.85. The molecule has 0 aliphatic heterocycles. The summed E-state index contributed by atoms with van der Waals surface area (Å²) in [5.74, 6) is -0.718. The zero-order valence-electron chi connectivity index (χ0n) is 17.8. The van der Waals surface area contributed by atoms with Crippen molar-refractivity contribution in [2.24, 2.45) is 0 Å². The fourth-order valence-electron chi connectivity index (χ4n) is 2.90. The molecule has 0 radical (unpaired) electrons. The van der Waals surface area contributed by atoms with Crippen molar-refractivity contribution in [3.8, 4) is 5.75 Å². The third kappa shape index (κ3) is 5.53. The summed E-state index contributed by atoms with van der Waals surface area (Å²) in [5, 5.41) is 14.7. The first-order chi connectivity index (χ1) is 15.3. The Bertz CT molecular complexity index is 1210. The number of nitrogen functional groups attached to an aromatic ring is 1. The fourth-order valence-corrected chi connectivity index (χ4v) is 3.12. The van der Waals surface area contributed by atoms with E-state index in [0.717, 1.165) is 34.7 Å². The largest absolute Gasteiger partial charge is 0.437 e. The van der Waals surface area contributed by atoms with Crippen LogP contribution in [0.3, 0.4) is 0 Å². The molecule has 0 aliphatic carbocycles. The molecule has 1 aromatic heterocycles. The highest BCUT2D eigenvalue weighted by molar-refractivity contribution is 6.33. The molecule has 0 spiro atoms. The van der Waals surface area contributed by atoms with Crippen LogP contribution in [0.5, 0.6) is 5.75 Å². The molecule has 7 nitrogen and oxygen atoms in total. The lowest BCUT2D eigenvalue weighted by molar-refractivity contribution is 0.513. The van der Waals surface area contributed by atoms with Gasteiger partial charge in [0.15, 0.2) is 0 Å². The second kappa shape index (κ2) is 10.1. The average Bonchev–Trinajstić information content (AvgIpc) is 2.75. The van der Waals surface area contributed by atoms with Crippen molar-refractivity contribution in [1.29, 1.82) is 5.41 Å². The first kappa shape index (κ1) is 23.0. The van der Waals surface area contributed by atoms with Gasteiger partial charge in [0.1, 0.15) is 17.9 Å². The zero-order chi connectivity index (χ0) is 23.3. The van der Waals surface area contributed by atoms with Crippen molar-refractivity contribution in [2.45, 2.75) is 20.3 Å². The van der Waals surface area contributed by atoms with Crippen molar-refractivity contribution in [1.82, 2.24) is 15.3 Å². The lowest BCUT2D eigenvalue weighted by Gasteiger charge is -2.13. The minimum absolute atomic E-state index is 0.221. The highest BCUT2D eigenvalue weighted by Crippen LogP contribution is 2.32. The number of hydrogen-bond donors (Lipinski definition) is 4. The van der Waals surface area contributed by atoms with Gasteiger partial charge in [-0.1, -0.05) is 30.7 Å². The molecule has 0 bridgehead atoms. The van der Waals surface area contributed by atoms with Gasteiger partial charge in [0, 0.05) is 29.9 Å². The summed E-state index contributed by atoms with van der Waals surface area (Å²) in [5.41, 5.74) is 9.97. The van der Waals surface area contributed by atoms with Gasteiger partial charge in [-0.25, -0.2) is 9.97 Å². The van der Waals surface area contributed by atoms with E-state index >= 15 is 0 Å². The Balaban J connectivity index is 1.77. The Kier molecular flexibility index (Phi) is 7.27. The number of hydrogen-bond acceptors (Lipinski definition) is 7. The summed E-state index contributed by atoms with van der Waals surface area (Å²) < 4.78 is 19.2. The molecule has 166 valence electrons. The number of ether oxygens (including phenoxy) is 1. The van der Waals surface area contributed by atoms with Crippen LogP contribution < -0.4 is 21.1 Å². The Morgan fingerprint density at radius 3 is 2.78 bits per heavy atom. The molecule has 1 heterocycles. The van der Waals surface area contributed by atoms with Crippen LogP contribution in [-0.2, 0) is 6.42 Å². The molecule has 3 aromatic rings. The van der Waals surface area contributed by atoms with Gasteiger partial charge >= 0.3 is 0 Å². The van der Waals surface area contributed by atoms with Crippen LogP contribution in [0.4, 0.5) is 21.6 Å². The molecule has 2 aromatic carbocycles. The molecule has 0 unspecified atom stereocenters. The van der Waals surface area contributed by atoms with Gasteiger partial charge in [0.25, 0.3) is 0 Å². The van der Waals surface area contributed by atoms with Gasteiger partial charge in [-0.3, -0.25) is 5.41 Å². The van der Waals surface area contributed by atoms with E-state index < -0.39 is 11.7 Å². The Labute approximate surface area is 190 Å². The number of fused-ring (bicyclic) bond motifs is 1. The van der Waals surface area contributed by atoms with Crippen LogP contribution in [0.1, 0.15) is 19.4 Å². The Morgan fingerprint density at radius 1 is 1.31 bits per heavy atom. The highest BCUT2D eigenvalue weighted by atomic mass is 35.5. The van der Waals surface area contributed by atoms with Crippen LogP contribution >= 0.6 is 11.6 Å². The van der Waals surface area contributed by atoms with E-state index in [2.05, 4.69) is 27.2 Å². The number of nitrogens with one attached hydrogen (secondary N) is 3. The third-order valence-electron chi connectivity index (χ3n) is 4.54. The van der Waals surface area contributed by atoms with Crippen LogP contribution in [0.25, 0.3) is 10.9 Å². The predicted octanol–water partition coefficient (Wildman–Crippen LogP) is 5.50. The maximum atomic E-state index is 14.0. The SMILES string of the molecule is C=C(C)CN/C=C(/F)C(=N)Oc1ccc(Nc2ncnc3cc(CC)c(N)cc23)c(Cl)c1. The molecular formula is C23H24ClFN6O. The molecule has 0 aliphatic rings. The van der Waals surface area contributed by atoms with E-state index in [1.807, 2.05) is 19.1 Å². The van der Waals surface area contributed by atoms with E-state index in [1.54, 1.807) is 19.1 Å². The van der Waals surface area contributed by atoms with Crippen LogP contribution in [0.15, 0.2) is 60.8 Å². The van der Waals surface area contributed by atoms with Crippen molar-refractivity contribution >= 4 is 45.6 Å². The van der Waals surface area contributed by atoms with E-state index in [1.165, 1.54) is 12.4 Å². The molecule has 3 rings (SSSR count). The number of anilines is 3. The van der Waals surface area contributed by atoms with Crippen molar-refractivity contribution in [2.75, 3.05) is 17.6 Å². The number of nitrogens with two attached hydrogens (primary N) is 1. The molecule has 5 N–H and O–H groups in total. The van der Waals surface area contributed by atoms with Crippen molar-refractivity contribution in [3.05, 3.63) is 71.4 Å². The summed E-state index contributed by atoms with van der Waals surface area (Å²) >= 11 is 6.38. The van der Waals surface area contributed by atoms with Gasteiger partial charge in [0.2, 0.25) is 11.7 Å². The monoisotopic (exact) mass is 454 g/mol. The van der Waals surface area contributed by atoms with Gasteiger partial charge in [-0.15, -0.1) is 0 Å². The lowest BCUT2D eigenvalue weighted by atomic mass is 10.1. The van der Waals surface area contributed by atoms with Crippen LogP contribution in [-0.4, -0.2) is 22.4 Å². The summed E-state index contributed by atoms with van der Waals surface area (Å²) in [6.07, 6.45) is 3.32. The summed E-state index contributed by atoms with van der Waals surface area (Å²) in [6.45, 7) is 7.94. The van der Waals surface area contributed by atoms with Crippen molar-refractivity contribution in [3.63, 3.8) is 0 Å². The Hall–Kier alpha value is -3.65. The number of benzene rings is 2. The topological polar surface area (TPSA) is 109 Å². The zero-order valence-corrected chi connectivity index (χ0v) is 18.6. The molecular weight excluding hydrogens is 431 g/mol. The molecule has 0 amide bonds. The van der Waals surface area contributed by atoms with Crippen molar-refractivity contribution < 1.29 is 9.13 Å². The Morgan fingerprint density at radius 2 is 2.09 bits per heavy atom. The van der Waals surface area contributed by atoms with Gasteiger partial charge in [0.05, 0.1) is 16.2 Å². The van der Waals surface area contributed by atoms with Gasteiger partial charge in [-0.05, 0) is 43.2 Å². The van der Waals surface area contributed by atoms with Crippen LogP contribution in [0, 0.1) is 5.41 Å². The van der Waals surface area contributed by atoms with E-state index in [4.69, 9.17) is 27.5 Å². The molecule has 0 saturated carbocycles. The molecule has 32 heavy (non-hydrogen) atoms. The highest BCUT2D eigenvalue weighted by Gasteiger charge is 2.12. The van der Waals surface area contributed by atoms with Gasteiger partial charge in [-0.2, -0.15) is 4.39 Å². The summed E-state index contributed by atoms with van der Waals surface area (Å²) in [6, 6.07) is 8.49. The van der Waals surface area contributed by atoms with Crippen LogP contribution in [0.2, 0.25) is 5.02 Å². The van der Waals surface area contributed by atoms with E-state index in [-0.39, 0.29) is 5.75 Å². The smallest absolute Gasteiger partial charge is 0.249 e. The second-order valence-corrected chi connectivity index (χ2v) is 7.58. The first-order valence-electron chi connectivity index (χ1n) is 9.88. The number of aryl methyl sites for hydroxylation is 1. The standard InChI is InChI=1S/C23H24ClFN6O/c1-4-14-7-21-16(9-19(14)26)23(30-12-29-21)31-20-6-5-15(8-17(20)24)32-22(27)18(25)11-28-10-13(2)3/h5-9,11-12,27-28H,2,4,10,26H2,1,3H3,(H,29,30,31)/b18-11+,27-22?. The molecule has 9 heteroatoms. The maximum absolute atomic E-state index is 14.0. The summed E-state index contributed by atoms with van der Waals surface area (Å²) in [4.78, 5) is 8.62. The minimum atomic E-state index is -0.846. The van der Waals surface area contributed by atoms with Gasteiger partial charge < -0.3 is 21.1 Å². The number of halogens is 2. The number of nitrogens with zero attached hydrogens (tertiary/aromatic N) is 2. The lowest BCUT2D eigenvalue weighted by Crippen LogP contribution is -2.13. The van der Waals surface area contributed by atoms with E-state index in [9.17, 15) is 4.39 Å². The van der Waals surface area contributed by atoms with E-state index in [0.29, 0.717) is 28.8 Å². The number of rotatable bonds is 8. The number of aromatic nitrogens is 2. The molecule has 0 fully saturated rings. The first-order valence-corrected chi connectivity index (χ1v) is 10.3. The quantitative estimate of drug-likeness (QED) is 0.155. The molecule has 0 saturated heterocycles. The summed E-state index contributed by atoms with van der Waals surface area (Å²) in [7, 11) is 0. The normalized spacial score (nSPS) is 11.3. The molecule has 0 atom stereocenters. The fraction of sp³-hybridized carbons (Fsp3) is 0.174. The minimum Gasteiger partial charge on any atom is -0.437 e. The predicted molar refractivity (Wildman–Crippen MR) is 128 cm³/mol.